The van der Waals surface area contributed by atoms with Crippen molar-refractivity contribution in [3.8, 4) is 5.75 Å². The van der Waals surface area contributed by atoms with Crippen molar-refractivity contribution >= 4 is 21.9 Å². The molecular weight excluding hydrogens is 348 g/mol. The Bertz CT molecular complexity index is 924. The van der Waals surface area contributed by atoms with Gasteiger partial charge >= 0.3 is 5.97 Å². The second-order valence-corrected chi connectivity index (χ2v) is 6.70. The number of carbonyl (C=O) groups excluding carboxylic acids is 2. The molecule has 9 heteroatoms. The van der Waals surface area contributed by atoms with Crippen LogP contribution in [0.4, 0.5) is 0 Å². The molecule has 3 N–H and O–H groups in total. The van der Waals surface area contributed by atoms with Crippen LogP contribution in [0.15, 0.2) is 47.4 Å². The fraction of sp³-hybridized carbons (Fsp3) is 0.125. The molecule has 2 aromatic carbocycles. The maximum absolute atomic E-state index is 12.4. The first-order valence-corrected chi connectivity index (χ1v) is 8.53. The fourth-order valence-corrected chi connectivity index (χ4v) is 3.15. The van der Waals surface area contributed by atoms with Gasteiger partial charge in [-0.25, -0.2) is 13.2 Å². The Hall–Kier alpha value is -2.91. The minimum Gasteiger partial charge on any atom is -0.507 e. The van der Waals surface area contributed by atoms with Crippen LogP contribution in [-0.2, 0) is 14.8 Å². The smallest absolute Gasteiger partial charge is 0.337 e. The molecule has 0 aromatic heterocycles. The Kier molecular flexibility index (Phi) is 5.40. The second-order valence-electron chi connectivity index (χ2n) is 5.05. The number of methoxy groups -OCH3 is 1. The fourth-order valence-electron chi connectivity index (χ4n) is 2.04. The van der Waals surface area contributed by atoms with Gasteiger partial charge in [0, 0.05) is 0 Å². The van der Waals surface area contributed by atoms with Crippen LogP contribution >= 0.6 is 0 Å². The van der Waals surface area contributed by atoms with Crippen LogP contribution in [0.25, 0.3) is 0 Å². The number of phenols is 1. The van der Waals surface area contributed by atoms with Gasteiger partial charge in [0.15, 0.2) is 0 Å². The van der Waals surface area contributed by atoms with E-state index in [1.807, 2.05) is 10.3 Å². The molecule has 0 saturated carbocycles. The van der Waals surface area contributed by atoms with Crippen molar-refractivity contribution in [2.45, 2.75) is 11.8 Å². The summed E-state index contributed by atoms with van der Waals surface area (Å²) in [6, 6.07) is 9.71. The Morgan fingerprint density at radius 2 is 1.80 bits per heavy atom. The number of benzene rings is 2. The molecule has 0 atom stereocenters. The normalized spacial score (nSPS) is 11.0. The van der Waals surface area contributed by atoms with Crippen LogP contribution in [0, 0.1) is 6.92 Å². The van der Waals surface area contributed by atoms with Gasteiger partial charge in [-0.05, 0) is 36.8 Å². The molecule has 0 aliphatic heterocycles. The lowest BCUT2D eigenvalue weighted by Gasteiger charge is -2.12. The van der Waals surface area contributed by atoms with Crippen molar-refractivity contribution in [1.82, 2.24) is 10.3 Å². The minimum atomic E-state index is -4.14. The van der Waals surface area contributed by atoms with E-state index in [2.05, 4.69) is 4.74 Å². The number of aryl methyl sites for hydroxylation is 1. The summed E-state index contributed by atoms with van der Waals surface area (Å²) in [5, 5.41) is 9.61. The minimum absolute atomic E-state index is 0.0560. The quantitative estimate of drug-likeness (QED) is 0.540. The number of para-hydroxylation sites is 1. The number of hydrogen-bond donors (Lipinski definition) is 3. The number of carbonyl (C=O) groups is 2. The van der Waals surface area contributed by atoms with E-state index in [9.17, 15) is 23.1 Å². The molecule has 1 amide bonds. The van der Waals surface area contributed by atoms with E-state index in [0.717, 1.165) is 6.07 Å². The summed E-state index contributed by atoms with van der Waals surface area (Å²) < 4.78 is 29.4. The summed E-state index contributed by atoms with van der Waals surface area (Å²) in [5.41, 5.74) is 2.35. The molecule has 25 heavy (non-hydrogen) atoms. The number of phenolic OH excluding ortho intramolecular Hbond substituents is 1. The molecule has 2 aromatic rings. The maximum Gasteiger partial charge on any atom is 0.337 e. The molecule has 0 aliphatic rings. The van der Waals surface area contributed by atoms with Crippen molar-refractivity contribution in [2.24, 2.45) is 0 Å². The molecular formula is C16H16N2O6S. The standard InChI is InChI=1S/C16H16N2O6S/c1-10-7-8-11(16(21)24-2)9-14(10)25(22,23)18-17-15(20)12-5-3-4-6-13(12)19/h3-9,18-19H,1-2H3,(H,17,20). The monoisotopic (exact) mass is 364 g/mol. The number of sulfonamides is 1. The first-order valence-electron chi connectivity index (χ1n) is 7.05. The van der Waals surface area contributed by atoms with Gasteiger partial charge in [-0.1, -0.05) is 18.2 Å². The van der Waals surface area contributed by atoms with Crippen LogP contribution < -0.4 is 10.3 Å². The Balaban J connectivity index is 2.24. The molecule has 0 radical (unpaired) electrons. The number of ether oxygens (including phenoxy) is 1. The molecule has 0 aliphatic carbocycles. The van der Waals surface area contributed by atoms with Crippen molar-refractivity contribution in [2.75, 3.05) is 7.11 Å². The van der Waals surface area contributed by atoms with Gasteiger partial charge < -0.3 is 9.84 Å². The highest BCUT2D eigenvalue weighted by atomic mass is 32.2. The highest BCUT2D eigenvalue weighted by molar-refractivity contribution is 7.89. The van der Waals surface area contributed by atoms with Gasteiger partial charge in [-0.2, -0.15) is 0 Å². The van der Waals surface area contributed by atoms with Gasteiger partial charge in [-0.15, -0.1) is 4.83 Å². The average Bonchev–Trinajstić information content (AvgIpc) is 2.59. The first-order chi connectivity index (χ1) is 11.8. The molecule has 0 unspecified atom stereocenters. The highest BCUT2D eigenvalue weighted by Crippen LogP contribution is 2.18. The number of nitrogens with one attached hydrogen (secondary N) is 2. The molecule has 0 spiro atoms. The third kappa shape index (κ3) is 4.14. The van der Waals surface area contributed by atoms with Crippen LogP contribution in [0.1, 0.15) is 26.3 Å². The van der Waals surface area contributed by atoms with Crippen LogP contribution in [0.3, 0.4) is 0 Å². The van der Waals surface area contributed by atoms with Crippen LogP contribution in [0.5, 0.6) is 5.75 Å². The molecule has 0 bridgehead atoms. The van der Waals surface area contributed by atoms with Crippen molar-refractivity contribution < 1.29 is 27.9 Å². The van der Waals surface area contributed by atoms with E-state index in [4.69, 9.17) is 0 Å². The van der Waals surface area contributed by atoms with E-state index < -0.39 is 21.9 Å². The predicted molar refractivity (Wildman–Crippen MR) is 88.4 cm³/mol. The lowest BCUT2D eigenvalue weighted by molar-refractivity contribution is 0.0600. The molecule has 0 fully saturated rings. The average molecular weight is 364 g/mol. The van der Waals surface area contributed by atoms with Crippen molar-refractivity contribution in [3.05, 3.63) is 59.2 Å². The van der Waals surface area contributed by atoms with Crippen molar-refractivity contribution in [1.29, 1.82) is 0 Å². The highest BCUT2D eigenvalue weighted by Gasteiger charge is 2.21. The third-order valence-corrected chi connectivity index (χ3v) is 4.74. The van der Waals surface area contributed by atoms with E-state index >= 15 is 0 Å². The summed E-state index contributed by atoms with van der Waals surface area (Å²) in [6.45, 7) is 1.54. The number of hydrazine groups is 1. The third-order valence-electron chi connectivity index (χ3n) is 3.35. The first kappa shape index (κ1) is 18.4. The predicted octanol–water partition coefficient (Wildman–Crippen LogP) is 1.11. The molecule has 0 heterocycles. The summed E-state index contributed by atoms with van der Waals surface area (Å²) in [7, 11) is -2.96. The van der Waals surface area contributed by atoms with Gasteiger partial charge in [0.05, 0.1) is 23.1 Å². The second kappa shape index (κ2) is 7.32. The maximum atomic E-state index is 12.4. The van der Waals surface area contributed by atoms with E-state index in [1.54, 1.807) is 6.92 Å². The Morgan fingerprint density at radius 3 is 2.44 bits per heavy atom. The summed E-state index contributed by atoms with van der Waals surface area (Å²) in [4.78, 5) is 25.3. The largest absolute Gasteiger partial charge is 0.507 e. The van der Waals surface area contributed by atoms with Gasteiger partial charge in [0.25, 0.3) is 15.9 Å². The van der Waals surface area contributed by atoms with Crippen LogP contribution in [-0.4, -0.2) is 32.5 Å². The summed E-state index contributed by atoms with van der Waals surface area (Å²) in [5.74, 6) is -1.80. The number of rotatable bonds is 5. The van der Waals surface area contributed by atoms with Gasteiger partial charge in [0.2, 0.25) is 0 Å². The summed E-state index contributed by atoms with van der Waals surface area (Å²) in [6.07, 6.45) is 0. The van der Waals surface area contributed by atoms with Gasteiger partial charge in [-0.3, -0.25) is 10.2 Å². The SMILES string of the molecule is COC(=O)c1ccc(C)c(S(=O)(=O)NNC(=O)c2ccccc2O)c1. The lowest BCUT2D eigenvalue weighted by atomic mass is 10.1. The topological polar surface area (TPSA) is 122 Å². The molecule has 132 valence electrons. The summed E-state index contributed by atoms with van der Waals surface area (Å²) >= 11 is 0. The van der Waals surface area contributed by atoms with Crippen LogP contribution in [0.2, 0.25) is 0 Å². The zero-order valence-electron chi connectivity index (χ0n) is 13.4. The van der Waals surface area contributed by atoms with E-state index in [1.165, 1.54) is 43.5 Å². The number of hydrogen-bond acceptors (Lipinski definition) is 6. The Morgan fingerprint density at radius 1 is 1.12 bits per heavy atom. The number of esters is 1. The van der Waals surface area contributed by atoms with Crippen molar-refractivity contribution in [3.63, 3.8) is 0 Å². The lowest BCUT2D eigenvalue weighted by Crippen LogP contribution is -2.41. The van der Waals surface area contributed by atoms with Gasteiger partial charge in [0.1, 0.15) is 5.75 Å². The zero-order valence-corrected chi connectivity index (χ0v) is 14.3. The molecule has 0 saturated heterocycles. The van der Waals surface area contributed by atoms with E-state index in [-0.39, 0.29) is 21.8 Å². The zero-order chi connectivity index (χ0) is 18.6. The number of aromatic hydroxyl groups is 1. The molecule has 8 nitrogen and oxygen atoms in total. The Labute approximate surface area is 144 Å². The number of amides is 1. The molecule has 2 rings (SSSR count). The van der Waals surface area contributed by atoms with E-state index in [0.29, 0.717) is 5.56 Å².